The summed E-state index contributed by atoms with van der Waals surface area (Å²) in [5, 5.41) is 10.6. The lowest BCUT2D eigenvalue weighted by Crippen LogP contribution is -2.01. The van der Waals surface area contributed by atoms with Crippen LogP contribution in [0, 0.1) is 6.92 Å². The zero-order chi connectivity index (χ0) is 13.1. The lowest BCUT2D eigenvalue weighted by molar-refractivity contribution is 0.468. The van der Waals surface area contributed by atoms with Gasteiger partial charge in [0.05, 0.1) is 0 Å². The van der Waals surface area contributed by atoms with E-state index in [9.17, 15) is 9.90 Å². The third kappa shape index (κ3) is 2.40. The SMILES string of the molecule is CCCCCc1cc(=O)oc2c(C)c(O)ccc12. The lowest BCUT2D eigenvalue weighted by Gasteiger charge is -2.07. The minimum atomic E-state index is -0.345. The summed E-state index contributed by atoms with van der Waals surface area (Å²) in [5.74, 6) is 0.163. The number of aromatic hydroxyl groups is 1. The molecule has 96 valence electrons. The Bertz CT molecular complexity index is 611. The second-order valence-corrected chi connectivity index (χ2v) is 4.63. The van der Waals surface area contributed by atoms with Crippen molar-refractivity contribution in [2.45, 2.75) is 39.5 Å². The number of aryl methyl sites for hydroxylation is 2. The summed E-state index contributed by atoms with van der Waals surface area (Å²) >= 11 is 0. The van der Waals surface area contributed by atoms with Crippen molar-refractivity contribution in [3.8, 4) is 5.75 Å². The van der Waals surface area contributed by atoms with Crippen molar-refractivity contribution in [3.63, 3.8) is 0 Å². The van der Waals surface area contributed by atoms with E-state index in [2.05, 4.69) is 6.92 Å². The van der Waals surface area contributed by atoms with Gasteiger partial charge in [-0.15, -0.1) is 0 Å². The Balaban J connectivity index is 2.52. The number of rotatable bonds is 4. The summed E-state index contributed by atoms with van der Waals surface area (Å²) in [6, 6.07) is 5.04. The Hall–Kier alpha value is -1.77. The summed E-state index contributed by atoms with van der Waals surface area (Å²) in [6.45, 7) is 3.91. The van der Waals surface area contributed by atoms with E-state index in [1.807, 2.05) is 6.07 Å². The Morgan fingerprint density at radius 3 is 2.78 bits per heavy atom. The molecule has 0 amide bonds. The number of benzene rings is 1. The second kappa shape index (κ2) is 5.25. The Labute approximate surface area is 106 Å². The van der Waals surface area contributed by atoms with Crippen LogP contribution in [0.1, 0.15) is 37.3 Å². The zero-order valence-electron chi connectivity index (χ0n) is 10.8. The predicted molar refractivity (Wildman–Crippen MR) is 72.1 cm³/mol. The van der Waals surface area contributed by atoms with Gasteiger partial charge in [0, 0.05) is 17.0 Å². The number of hydrogen-bond donors (Lipinski definition) is 1. The van der Waals surface area contributed by atoms with Crippen LogP contribution >= 0.6 is 0 Å². The van der Waals surface area contributed by atoms with E-state index in [0.717, 1.165) is 36.6 Å². The van der Waals surface area contributed by atoms with Crippen LogP contribution in [0.25, 0.3) is 11.0 Å². The van der Waals surface area contributed by atoms with E-state index in [4.69, 9.17) is 4.42 Å². The summed E-state index contributed by atoms with van der Waals surface area (Å²) < 4.78 is 5.20. The number of fused-ring (bicyclic) bond motifs is 1. The van der Waals surface area contributed by atoms with E-state index in [0.29, 0.717) is 11.1 Å². The first kappa shape index (κ1) is 12.7. The fourth-order valence-electron chi connectivity index (χ4n) is 2.19. The molecule has 3 heteroatoms. The lowest BCUT2D eigenvalue weighted by atomic mass is 10.0. The highest BCUT2D eigenvalue weighted by atomic mass is 16.4. The predicted octanol–water partition coefficient (Wildman–Crippen LogP) is 3.54. The van der Waals surface area contributed by atoms with Gasteiger partial charge in [0.1, 0.15) is 11.3 Å². The Morgan fingerprint density at radius 1 is 1.28 bits per heavy atom. The van der Waals surface area contributed by atoms with Crippen molar-refractivity contribution in [2.24, 2.45) is 0 Å². The third-order valence-electron chi connectivity index (χ3n) is 3.27. The van der Waals surface area contributed by atoms with Crippen molar-refractivity contribution in [2.75, 3.05) is 0 Å². The number of unbranched alkanes of at least 4 members (excludes halogenated alkanes) is 2. The molecule has 18 heavy (non-hydrogen) atoms. The van der Waals surface area contributed by atoms with Crippen LogP contribution in [-0.4, -0.2) is 5.11 Å². The first-order valence-electron chi connectivity index (χ1n) is 6.38. The summed E-state index contributed by atoms with van der Waals surface area (Å²) in [6.07, 6.45) is 4.24. The van der Waals surface area contributed by atoms with Gasteiger partial charge in [-0.1, -0.05) is 19.8 Å². The molecule has 1 aromatic heterocycles. The van der Waals surface area contributed by atoms with Crippen molar-refractivity contribution < 1.29 is 9.52 Å². The van der Waals surface area contributed by atoms with Crippen molar-refractivity contribution in [3.05, 3.63) is 39.7 Å². The van der Waals surface area contributed by atoms with E-state index < -0.39 is 0 Å². The Kier molecular flexibility index (Phi) is 3.70. The van der Waals surface area contributed by atoms with Gasteiger partial charge in [0.2, 0.25) is 0 Å². The van der Waals surface area contributed by atoms with Gasteiger partial charge in [0.25, 0.3) is 0 Å². The molecule has 2 rings (SSSR count). The van der Waals surface area contributed by atoms with E-state index in [1.54, 1.807) is 19.1 Å². The van der Waals surface area contributed by atoms with Crippen molar-refractivity contribution in [1.82, 2.24) is 0 Å². The molecule has 0 aliphatic heterocycles. The van der Waals surface area contributed by atoms with E-state index >= 15 is 0 Å². The molecule has 0 unspecified atom stereocenters. The highest BCUT2D eigenvalue weighted by Gasteiger charge is 2.10. The first-order chi connectivity index (χ1) is 8.63. The van der Waals surface area contributed by atoms with Gasteiger partial charge in [-0.2, -0.15) is 0 Å². The molecule has 0 aliphatic rings. The fourth-order valence-corrected chi connectivity index (χ4v) is 2.19. The minimum absolute atomic E-state index is 0.163. The van der Waals surface area contributed by atoms with Crippen LogP contribution in [0.5, 0.6) is 5.75 Å². The molecule has 0 radical (unpaired) electrons. The number of phenols is 1. The van der Waals surface area contributed by atoms with E-state index in [-0.39, 0.29) is 11.4 Å². The molecule has 3 nitrogen and oxygen atoms in total. The smallest absolute Gasteiger partial charge is 0.336 e. The molecular formula is C15H18O3. The highest BCUT2D eigenvalue weighted by Crippen LogP contribution is 2.27. The molecule has 0 spiro atoms. The third-order valence-corrected chi connectivity index (χ3v) is 3.27. The molecule has 1 N–H and O–H groups in total. The minimum Gasteiger partial charge on any atom is -0.508 e. The zero-order valence-corrected chi connectivity index (χ0v) is 10.8. The first-order valence-corrected chi connectivity index (χ1v) is 6.38. The molecule has 0 fully saturated rings. The fraction of sp³-hybridized carbons (Fsp3) is 0.400. The van der Waals surface area contributed by atoms with Crippen LogP contribution in [0.4, 0.5) is 0 Å². The van der Waals surface area contributed by atoms with Crippen LogP contribution in [0.3, 0.4) is 0 Å². The van der Waals surface area contributed by atoms with Crippen LogP contribution in [-0.2, 0) is 6.42 Å². The maximum atomic E-state index is 11.6. The van der Waals surface area contributed by atoms with Crippen LogP contribution < -0.4 is 5.63 Å². The van der Waals surface area contributed by atoms with E-state index in [1.165, 1.54) is 0 Å². The van der Waals surface area contributed by atoms with Gasteiger partial charge in [-0.25, -0.2) is 4.79 Å². The second-order valence-electron chi connectivity index (χ2n) is 4.63. The molecule has 0 saturated heterocycles. The average Bonchev–Trinajstić information content (AvgIpc) is 2.34. The summed E-state index contributed by atoms with van der Waals surface area (Å²) in [5.41, 5.74) is 1.80. The van der Waals surface area contributed by atoms with Gasteiger partial charge in [-0.05, 0) is 37.5 Å². The number of phenolic OH excluding ortho intramolecular Hbond substituents is 1. The van der Waals surface area contributed by atoms with Crippen LogP contribution in [0.15, 0.2) is 27.4 Å². The number of hydrogen-bond acceptors (Lipinski definition) is 3. The molecule has 0 saturated carbocycles. The average molecular weight is 246 g/mol. The van der Waals surface area contributed by atoms with Gasteiger partial charge in [-0.3, -0.25) is 0 Å². The molecule has 2 aromatic rings. The largest absolute Gasteiger partial charge is 0.508 e. The normalized spacial score (nSPS) is 11.0. The highest BCUT2D eigenvalue weighted by molar-refractivity contribution is 5.84. The Morgan fingerprint density at radius 2 is 2.06 bits per heavy atom. The molecule has 0 atom stereocenters. The molecule has 1 heterocycles. The maximum absolute atomic E-state index is 11.6. The standard InChI is InChI=1S/C15H18O3/c1-3-4-5-6-11-9-14(17)18-15-10(2)13(16)8-7-12(11)15/h7-9,16H,3-6H2,1-2H3. The molecular weight excluding hydrogens is 228 g/mol. The molecule has 0 bridgehead atoms. The quantitative estimate of drug-likeness (QED) is 0.663. The van der Waals surface area contributed by atoms with Crippen molar-refractivity contribution in [1.29, 1.82) is 0 Å². The molecule has 0 aliphatic carbocycles. The monoisotopic (exact) mass is 246 g/mol. The van der Waals surface area contributed by atoms with Gasteiger partial charge < -0.3 is 9.52 Å². The summed E-state index contributed by atoms with van der Waals surface area (Å²) in [7, 11) is 0. The topological polar surface area (TPSA) is 50.4 Å². The molecule has 1 aromatic carbocycles. The van der Waals surface area contributed by atoms with Gasteiger partial charge in [0.15, 0.2) is 0 Å². The van der Waals surface area contributed by atoms with Crippen molar-refractivity contribution >= 4 is 11.0 Å². The summed E-state index contributed by atoms with van der Waals surface area (Å²) in [4.78, 5) is 11.6. The maximum Gasteiger partial charge on any atom is 0.336 e. The van der Waals surface area contributed by atoms with Crippen LogP contribution in [0.2, 0.25) is 0 Å². The van der Waals surface area contributed by atoms with Gasteiger partial charge >= 0.3 is 5.63 Å².